The van der Waals surface area contributed by atoms with Crippen LogP contribution in [0, 0.1) is 24.7 Å². The number of tetrazole rings is 1. The third kappa shape index (κ3) is 7.13. The van der Waals surface area contributed by atoms with Crippen molar-refractivity contribution in [2.75, 3.05) is 13.1 Å². The number of nitrogens with one attached hydrogen (secondary N) is 2. The molecule has 2 N–H and O–H groups in total. The second kappa shape index (κ2) is 12.7. The monoisotopic (exact) mass is 583 g/mol. The van der Waals surface area contributed by atoms with Crippen LogP contribution in [0.25, 0.3) is 0 Å². The van der Waals surface area contributed by atoms with Crippen molar-refractivity contribution in [3.63, 3.8) is 0 Å². The Kier molecular flexibility index (Phi) is 8.84. The number of hydrogen-bond acceptors (Lipinski definition) is 7. The fourth-order valence-corrected chi connectivity index (χ4v) is 5.33. The lowest BCUT2D eigenvalue weighted by atomic mass is 9.77. The van der Waals surface area contributed by atoms with Crippen LogP contribution in [-0.2, 0) is 28.7 Å². The third-order valence-corrected chi connectivity index (χ3v) is 7.64. The minimum absolute atomic E-state index is 0.0000967. The summed E-state index contributed by atoms with van der Waals surface area (Å²) < 4.78 is 40.4. The fourth-order valence-electron chi connectivity index (χ4n) is 5.33. The van der Waals surface area contributed by atoms with Crippen LogP contribution in [0.5, 0.6) is 0 Å². The summed E-state index contributed by atoms with van der Waals surface area (Å²) in [6, 6.07) is 3.49. The smallest absolute Gasteiger partial charge is 0.353 e. The number of carbonyl (C=O) groups is 2. The highest BCUT2D eigenvalue weighted by molar-refractivity contribution is 5.86. The number of H-pyrrole nitrogens is 1. The SMILES string of the molecule is Cc1nnn(Cc2cc(C(F)(F)F)ccc2C2C#CC2C(=O)N2CCC(NC(=O)CCCCCc3cn[nH]n3)CC2)n1. The first-order chi connectivity index (χ1) is 20.2. The number of aromatic nitrogens is 7. The van der Waals surface area contributed by atoms with Gasteiger partial charge in [-0.25, -0.2) is 0 Å². The molecule has 5 rings (SSSR count). The molecule has 2 aliphatic rings. The van der Waals surface area contributed by atoms with Crippen molar-refractivity contribution in [3.8, 4) is 11.8 Å². The van der Waals surface area contributed by atoms with Gasteiger partial charge in [0.25, 0.3) is 0 Å². The van der Waals surface area contributed by atoms with E-state index < -0.39 is 23.6 Å². The zero-order chi connectivity index (χ0) is 29.7. The summed E-state index contributed by atoms with van der Waals surface area (Å²) in [4.78, 5) is 28.8. The Morgan fingerprint density at radius 2 is 1.95 bits per heavy atom. The Hall–Kier alpha value is -4.28. The molecular formula is C28H32F3N9O2. The van der Waals surface area contributed by atoms with Gasteiger partial charge in [0.15, 0.2) is 5.82 Å². The Balaban J connectivity index is 1.12. The van der Waals surface area contributed by atoms with Crippen molar-refractivity contribution >= 4 is 11.8 Å². The summed E-state index contributed by atoms with van der Waals surface area (Å²) in [5.41, 5.74) is 1.03. The number of halogens is 3. The number of hydrogen-bond donors (Lipinski definition) is 2. The van der Waals surface area contributed by atoms with Gasteiger partial charge in [0.2, 0.25) is 11.8 Å². The molecular weight excluding hydrogens is 551 g/mol. The van der Waals surface area contributed by atoms with Gasteiger partial charge in [0, 0.05) is 25.6 Å². The zero-order valence-electron chi connectivity index (χ0n) is 23.2. The molecule has 0 bridgehead atoms. The molecule has 0 radical (unpaired) electrons. The summed E-state index contributed by atoms with van der Waals surface area (Å²) in [6.07, 6.45) is 2.40. The number of alkyl halides is 3. The zero-order valence-corrected chi connectivity index (χ0v) is 23.2. The van der Waals surface area contributed by atoms with E-state index in [9.17, 15) is 22.8 Å². The predicted molar refractivity (Wildman–Crippen MR) is 143 cm³/mol. The van der Waals surface area contributed by atoms with Gasteiger partial charge in [-0.3, -0.25) is 9.59 Å². The fraction of sp³-hybridized carbons (Fsp3) is 0.536. The van der Waals surface area contributed by atoms with E-state index in [0.717, 1.165) is 43.5 Å². The maximum atomic E-state index is 13.5. The third-order valence-electron chi connectivity index (χ3n) is 7.64. The number of benzene rings is 1. The van der Waals surface area contributed by atoms with Crippen LogP contribution < -0.4 is 5.32 Å². The van der Waals surface area contributed by atoms with Crippen LogP contribution in [-0.4, -0.2) is 71.5 Å². The standard InChI is InChI=1S/C28H32F3N9O2/c1-18-34-38-40(36-18)17-19-15-20(28(29,30)31)7-8-23(19)24-9-10-25(24)27(42)39-13-11-21(12-14-39)33-26(41)6-4-2-3-5-22-16-32-37-35-22/h7-8,15-16,21,24-25H,2-6,11-14,17H2,1H3,(H,33,41)(H,32,35,37). The average Bonchev–Trinajstić information content (AvgIpc) is 3.60. The number of rotatable bonds is 11. The molecule has 1 aromatic carbocycles. The molecule has 222 valence electrons. The van der Waals surface area contributed by atoms with Crippen molar-refractivity contribution in [2.24, 2.45) is 5.92 Å². The molecule has 3 heterocycles. The molecule has 1 saturated heterocycles. The highest BCUT2D eigenvalue weighted by Gasteiger charge is 2.39. The van der Waals surface area contributed by atoms with E-state index in [0.29, 0.717) is 49.3 Å². The molecule has 1 fully saturated rings. The first-order valence-electron chi connectivity index (χ1n) is 14.1. The minimum atomic E-state index is -4.52. The number of aryl methyl sites for hydroxylation is 2. The molecule has 14 heteroatoms. The molecule has 0 saturated carbocycles. The number of likely N-dealkylation sites (tertiary alicyclic amines) is 1. The first kappa shape index (κ1) is 29.2. The summed E-state index contributed by atoms with van der Waals surface area (Å²) in [5.74, 6) is 5.01. The van der Waals surface area contributed by atoms with E-state index in [-0.39, 0.29) is 24.4 Å². The Morgan fingerprint density at radius 3 is 2.60 bits per heavy atom. The molecule has 42 heavy (non-hydrogen) atoms. The number of amides is 2. The van der Waals surface area contributed by atoms with Crippen LogP contribution in [0.4, 0.5) is 13.2 Å². The van der Waals surface area contributed by atoms with Crippen molar-refractivity contribution < 1.29 is 22.8 Å². The van der Waals surface area contributed by atoms with E-state index in [2.05, 4.69) is 48.0 Å². The molecule has 2 amide bonds. The number of unbranched alkanes of at least 4 members (excludes halogenated alkanes) is 2. The predicted octanol–water partition coefficient (Wildman–Crippen LogP) is 2.79. The second-order valence-electron chi connectivity index (χ2n) is 10.7. The Labute approximate surface area is 240 Å². The summed E-state index contributed by atoms with van der Waals surface area (Å²) in [7, 11) is 0. The molecule has 2 unspecified atom stereocenters. The summed E-state index contributed by atoms with van der Waals surface area (Å²) >= 11 is 0. The Bertz CT molecular complexity index is 1450. The van der Waals surface area contributed by atoms with Crippen molar-refractivity contribution in [1.82, 2.24) is 45.8 Å². The lowest BCUT2D eigenvalue weighted by molar-refractivity contribution is -0.138. The highest BCUT2D eigenvalue weighted by atomic mass is 19.4. The number of aromatic amines is 1. The van der Waals surface area contributed by atoms with E-state index in [1.807, 2.05) is 0 Å². The maximum Gasteiger partial charge on any atom is 0.416 e. The number of nitrogens with zero attached hydrogens (tertiary/aromatic N) is 7. The van der Waals surface area contributed by atoms with E-state index in [1.54, 1.807) is 18.0 Å². The van der Waals surface area contributed by atoms with Gasteiger partial charge in [-0.2, -0.15) is 33.4 Å². The molecule has 2 aromatic heterocycles. The normalized spacial score (nSPS) is 18.7. The van der Waals surface area contributed by atoms with Crippen LogP contribution in [0.3, 0.4) is 0 Å². The van der Waals surface area contributed by atoms with Gasteiger partial charge >= 0.3 is 6.18 Å². The van der Waals surface area contributed by atoms with Gasteiger partial charge in [-0.1, -0.05) is 24.3 Å². The van der Waals surface area contributed by atoms with Crippen LogP contribution in [0.1, 0.15) is 72.7 Å². The summed E-state index contributed by atoms with van der Waals surface area (Å²) in [5, 5.41) is 25.2. The van der Waals surface area contributed by atoms with Crippen LogP contribution in [0.2, 0.25) is 0 Å². The quantitative estimate of drug-likeness (QED) is 0.262. The largest absolute Gasteiger partial charge is 0.416 e. The van der Waals surface area contributed by atoms with Crippen molar-refractivity contribution in [2.45, 2.75) is 76.6 Å². The lowest BCUT2D eigenvalue weighted by Gasteiger charge is -2.36. The Morgan fingerprint density at radius 1 is 1.14 bits per heavy atom. The first-order valence-corrected chi connectivity index (χ1v) is 14.1. The highest BCUT2D eigenvalue weighted by Crippen LogP contribution is 2.37. The van der Waals surface area contributed by atoms with Gasteiger partial charge < -0.3 is 10.2 Å². The lowest BCUT2D eigenvalue weighted by Crippen LogP contribution is -2.49. The summed E-state index contributed by atoms with van der Waals surface area (Å²) in [6.45, 7) is 2.58. The molecule has 11 nitrogen and oxygen atoms in total. The molecule has 0 spiro atoms. The minimum Gasteiger partial charge on any atom is -0.353 e. The second-order valence-corrected chi connectivity index (χ2v) is 10.7. The van der Waals surface area contributed by atoms with E-state index >= 15 is 0 Å². The average molecular weight is 584 g/mol. The molecule has 1 aliphatic heterocycles. The molecule has 3 aromatic rings. The van der Waals surface area contributed by atoms with Crippen LogP contribution >= 0.6 is 0 Å². The molecule has 2 atom stereocenters. The van der Waals surface area contributed by atoms with E-state index in [1.165, 1.54) is 10.9 Å². The van der Waals surface area contributed by atoms with E-state index in [4.69, 9.17) is 0 Å². The number of carbonyl (C=O) groups excluding carboxylic acids is 2. The van der Waals surface area contributed by atoms with Gasteiger partial charge in [0.1, 0.15) is 5.92 Å². The van der Waals surface area contributed by atoms with Gasteiger partial charge in [-0.15, -0.1) is 10.2 Å². The van der Waals surface area contributed by atoms with Crippen molar-refractivity contribution in [1.29, 1.82) is 0 Å². The van der Waals surface area contributed by atoms with Crippen LogP contribution in [0.15, 0.2) is 24.4 Å². The van der Waals surface area contributed by atoms with Crippen molar-refractivity contribution in [3.05, 3.63) is 52.6 Å². The van der Waals surface area contributed by atoms with Gasteiger partial charge in [0.05, 0.1) is 29.9 Å². The number of piperidine rings is 1. The maximum absolute atomic E-state index is 13.5. The van der Waals surface area contributed by atoms with Gasteiger partial charge in [-0.05, 0) is 67.5 Å². The molecule has 1 aliphatic carbocycles. The topological polar surface area (TPSA) is 135 Å².